The highest BCUT2D eigenvalue weighted by atomic mass is 35.5. The van der Waals surface area contributed by atoms with Crippen LogP contribution >= 0.6 is 23.2 Å². The molecule has 184 valence electrons. The van der Waals surface area contributed by atoms with E-state index < -0.39 is 5.91 Å². The van der Waals surface area contributed by atoms with E-state index in [2.05, 4.69) is 11.9 Å². The standard InChI is InChI=1S/C28H24Cl2N2O4/c1-3-5-19-12-18(13-21(16-31)28(34)32-23-8-10-24(33)11-9-23)14-26(35-4-2)27(19)36-17-20-6-7-22(29)15-25(20)30/h3,6-15,33H,1,4-5,17H2,2H3,(H,32,34)/b21-13+. The normalized spacial score (nSPS) is 10.9. The second-order valence-corrected chi connectivity index (χ2v) is 8.47. The molecule has 0 atom stereocenters. The highest BCUT2D eigenvalue weighted by Crippen LogP contribution is 2.36. The number of phenols is 1. The summed E-state index contributed by atoms with van der Waals surface area (Å²) in [4.78, 5) is 12.7. The minimum atomic E-state index is -0.580. The molecular formula is C28H24Cl2N2O4. The highest BCUT2D eigenvalue weighted by molar-refractivity contribution is 6.35. The average Bonchev–Trinajstić information content (AvgIpc) is 2.84. The van der Waals surface area contributed by atoms with E-state index >= 15 is 0 Å². The number of carbonyl (C=O) groups is 1. The molecule has 2 N–H and O–H groups in total. The zero-order chi connectivity index (χ0) is 26.1. The number of nitriles is 1. The van der Waals surface area contributed by atoms with Gasteiger partial charge in [-0.15, -0.1) is 6.58 Å². The Labute approximate surface area is 220 Å². The third-order valence-corrected chi connectivity index (χ3v) is 5.59. The number of aromatic hydroxyl groups is 1. The topological polar surface area (TPSA) is 91.6 Å². The van der Waals surface area contributed by atoms with Crippen molar-refractivity contribution < 1.29 is 19.4 Å². The summed E-state index contributed by atoms with van der Waals surface area (Å²) in [6.45, 7) is 6.24. The van der Waals surface area contributed by atoms with Crippen molar-refractivity contribution in [2.75, 3.05) is 11.9 Å². The summed E-state index contributed by atoms with van der Waals surface area (Å²) in [6, 6.07) is 16.6. The van der Waals surface area contributed by atoms with Gasteiger partial charge in [0.15, 0.2) is 11.5 Å². The Bertz CT molecular complexity index is 1330. The van der Waals surface area contributed by atoms with E-state index in [1.165, 1.54) is 30.3 Å². The van der Waals surface area contributed by atoms with Gasteiger partial charge in [0.2, 0.25) is 0 Å². The molecular weight excluding hydrogens is 499 g/mol. The average molecular weight is 523 g/mol. The Kier molecular flexibility index (Phi) is 9.40. The molecule has 0 saturated heterocycles. The van der Waals surface area contributed by atoms with Gasteiger partial charge in [-0.05, 0) is 73.5 Å². The number of allylic oxidation sites excluding steroid dienone is 1. The van der Waals surface area contributed by atoms with Crippen LogP contribution in [-0.4, -0.2) is 17.6 Å². The number of benzene rings is 3. The molecule has 1 amide bonds. The van der Waals surface area contributed by atoms with E-state index in [1.54, 1.807) is 30.3 Å². The number of anilines is 1. The molecule has 0 heterocycles. The summed E-state index contributed by atoms with van der Waals surface area (Å²) in [5, 5.41) is 22.7. The minimum Gasteiger partial charge on any atom is -0.508 e. The Hall–Kier alpha value is -3.92. The SMILES string of the molecule is C=CCc1cc(/C=C(\C#N)C(=O)Nc2ccc(O)cc2)cc(OCC)c1OCc1ccc(Cl)cc1Cl. The Balaban J connectivity index is 1.93. The fraction of sp³-hybridized carbons (Fsp3) is 0.143. The number of carbonyl (C=O) groups excluding carboxylic acids is 1. The first kappa shape index (κ1) is 26.7. The molecule has 6 nitrogen and oxygen atoms in total. The van der Waals surface area contributed by atoms with Gasteiger partial charge in [-0.3, -0.25) is 4.79 Å². The van der Waals surface area contributed by atoms with Crippen LogP contribution in [0, 0.1) is 11.3 Å². The molecule has 3 rings (SSSR count). The van der Waals surface area contributed by atoms with Crippen molar-refractivity contribution >= 4 is 40.9 Å². The lowest BCUT2D eigenvalue weighted by molar-refractivity contribution is -0.112. The molecule has 0 aliphatic heterocycles. The lowest BCUT2D eigenvalue weighted by atomic mass is 10.0. The van der Waals surface area contributed by atoms with Crippen LogP contribution in [-0.2, 0) is 17.8 Å². The number of hydrogen-bond acceptors (Lipinski definition) is 5. The fourth-order valence-corrected chi connectivity index (χ4v) is 3.81. The number of nitrogens with zero attached hydrogens (tertiary/aromatic N) is 1. The Morgan fingerprint density at radius 2 is 1.86 bits per heavy atom. The predicted molar refractivity (Wildman–Crippen MR) is 143 cm³/mol. The molecule has 36 heavy (non-hydrogen) atoms. The molecule has 3 aromatic carbocycles. The smallest absolute Gasteiger partial charge is 0.266 e. The molecule has 8 heteroatoms. The molecule has 0 saturated carbocycles. The fourth-order valence-electron chi connectivity index (χ4n) is 3.35. The third-order valence-electron chi connectivity index (χ3n) is 5.01. The van der Waals surface area contributed by atoms with Crippen molar-refractivity contribution in [3.63, 3.8) is 0 Å². The monoisotopic (exact) mass is 522 g/mol. The second-order valence-electron chi connectivity index (χ2n) is 7.63. The first-order chi connectivity index (χ1) is 17.3. The van der Waals surface area contributed by atoms with Gasteiger partial charge in [-0.1, -0.05) is 35.3 Å². The summed E-state index contributed by atoms with van der Waals surface area (Å²) in [5.41, 5.74) is 2.46. The zero-order valence-electron chi connectivity index (χ0n) is 19.6. The summed E-state index contributed by atoms with van der Waals surface area (Å²) in [6.07, 6.45) is 3.67. The van der Waals surface area contributed by atoms with Crippen LogP contribution in [0.4, 0.5) is 5.69 Å². The van der Waals surface area contributed by atoms with E-state index in [1.807, 2.05) is 19.1 Å². The van der Waals surface area contributed by atoms with Crippen molar-refractivity contribution in [1.29, 1.82) is 5.26 Å². The lowest BCUT2D eigenvalue weighted by Crippen LogP contribution is -2.13. The van der Waals surface area contributed by atoms with E-state index in [9.17, 15) is 15.2 Å². The van der Waals surface area contributed by atoms with Crippen LogP contribution in [0.5, 0.6) is 17.2 Å². The largest absolute Gasteiger partial charge is 0.508 e. The Morgan fingerprint density at radius 1 is 1.11 bits per heavy atom. The van der Waals surface area contributed by atoms with Crippen molar-refractivity contribution in [3.8, 4) is 23.3 Å². The molecule has 3 aromatic rings. The van der Waals surface area contributed by atoms with E-state index in [0.717, 1.165) is 11.1 Å². The minimum absolute atomic E-state index is 0.0721. The molecule has 0 aliphatic carbocycles. The predicted octanol–water partition coefficient (Wildman–Crippen LogP) is 6.95. The number of halogens is 2. The van der Waals surface area contributed by atoms with Crippen molar-refractivity contribution in [2.45, 2.75) is 20.0 Å². The number of amides is 1. The van der Waals surface area contributed by atoms with Crippen molar-refractivity contribution in [3.05, 3.63) is 99.6 Å². The highest BCUT2D eigenvalue weighted by Gasteiger charge is 2.16. The first-order valence-electron chi connectivity index (χ1n) is 11.0. The maximum atomic E-state index is 12.7. The molecule has 0 bridgehead atoms. The number of hydrogen-bond donors (Lipinski definition) is 2. The van der Waals surface area contributed by atoms with E-state index in [4.69, 9.17) is 32.7 Å². The molecule has 0 aromatic heterocycles. The zero-order valence-corrected chi connectivity index (χ0v) is 21.1. The van der Waals surface area contributed by atoms with Gasteiger partial charge in [0.1, 0.15) is 24.0 Å². The molecule has 0 radical (unpaired) electrons. The van der Waals surface area contributed by atoms with Crippen molar-refractivity contribution in [2.24, 2.45) is 0 Å². The van der Waals surface area contributed by atoms with Crippen LogP contribution in [0.3, 0.4) is 0 Å². The van der Waals surface area contributed by atoms with Crippen LogP contribution in [0.15, 0.2) is 72.8 Å². The van der Waals surface area contributed by atoms with Crippen molar-refractivity contribution in [1.82, 2.24) is 0 Å². The van der Waals surface area contributed by atoms with Gasteiger partial charge in [-0.25, -0.2) is 0 Å². The maximum absolute atomic E-state index is 12.7. The molecule has 0 spiro atoms. The summed E-state index contributed by atoms with van der Waals surface area (Å²) in [5.74, 6) is 0.475. The second kappa shape index (κ2) is 12.7. The van der Waals surface area contributed by atoms with Crippen LogP contribution in [0.1, 0.15) is 23.6 Å². The van der Waals surface area contributed by atoms with Gasteiger partial charge in [0, 0.05) is 26.9 Å². The van der Waals surface area contributed by atoms with Gasteiger partial charge in [0.25, 0.3) is 5.91 Å². The van der Waals surface area contributed by atoms with Gasteiger partial charge >= 0.3 is 0 Å². The Morgan fingerprint density at radius 3 is 2.50 bits per heavy atom. The molecule has 0 aliphatic rings. The molecule has 0 unspecified atom stereocenters. The van der Waals surface area contributed by atoms with Gasteiger partial charge in [-0.2, -0.15) is 5.26 Å². The summed E-state index contributed by atoms with van der Waals surface area (Å²) in [7, 11) is 0. The van der Waals surface area contributed by atoms with Crippen LogP contribution < -0.4 is 14.8 Å². The summed E-state index contributed by atoms with van der Waals surface area (Å²) < 4.78 is 12.0. The van der Waals surface area contributed by atoms with Crippen LogP contribution in [0.25, 0.3) is 6.08 Å². The van der Waals surface area contributed by atoms with Gasteiger partial charge in [0.05, 0.1) is 6.61 Å². The van der Waals surface area contributed by atoms with Gasteiger partial charge < -0.3 is 19.9 Å². The molecule has 0 fully saturated rings. The number of ether oxygens (including phenoxy) is 2. The first-order valence-corrected chi connectivity index (χ1v) is 11.8. The summed E-state index contributed by atoms with van der Waals surface area (Å²) >= 11 is 12.3. The number of rotatable bonds is 10. The van der Waals surface area contributed by atoms with E-state index in [-0.39, 0.29) is 17.9 Å². The lowest BCUT2D eigenvalue weighted by Gasteiger charge is -2.17. The third kappa shape index (κ3) is 7.05. The number of nitrogens with one attached hydrogen (secondary N) is 1. The van der Waals surface area contributed by atoms with E-state index in [0.29, 0.717) is 45.8 Å². The number of phenolic OH excluding ortho intramolecular Hbond substituents is 1. The maximum Gasteiger partial charge on any atom is 0.266 e. The van der Waals surface area contributed by atoms with Crippen LogP contribution in [0.2, 0.25) is 10.0 Å². The quantitative estimate of drug-likeness (QED) is 0.130.